The number of hydrogen-bond acceptors (Lipinski definition) is 8. The summed E-state index contributed by atoms with van der Waals surface area (Å²) in [4.78, 5) is 24.4. The second kappa shape index (κ2) is 16.6. The first kappa shape index (κ1) is 38.7. The van der Waals surface area contributed by atoms with Gasteiger partial charge in [0, 0.05) is 35.9 Å². The number of aromatic nitrogens is 4. The molecule has 0 aliphatic rings. The Hall–Kier alpha value is -2.75. The number of alkyl halides is 3. The summed E-state index contributed by atoms with van der Waals surface area (Å²) in [6, 6.07) is 3.89. The molecule has 0 bridgehead atoms. The van der Waals surface area contributed by atoms with Gasteiger partial charge in [-0.1, -0.05) is 32.5 Å². The molecule has 0 aliphatic carbocycles. The van der Waals surface area contributed by atoms with Crippen LogP contribution in [0.1, 0.15) is 65.6 Å². The SMILES string of the molecule is CCN(C(=O)NC(CCOCCOS(C)(C)C(C)(C)C)CCC(F)(F)F)[C@H](C)c1cc(-c2cc3ccnn3c(SC)n2)c(OC)cn1. The molecule has 1 unspecified atom stereocenters. The number of nitrogens with zero attached hydrogens (tertiary/aromatic N) is 5. The number of hydrogen-bond donors (Lipinski definition) is 1. The molecule has 0 saturated heterocycles. The summed E-state index contributed by atoms with van der Waals surface area (Å²) in [6.45, 7) is 11.2. The zero-order valence-corrected chi connectivity index (χ0v) is 30.4. The van der Waals surface area contributed by atoms with E-state index in [2.05, 4.69) is 48.7 Å². The molecule has 3 aromatic heterocycles. The van der Waals surface area contributed by atoms with Crippen LogP contribution in [0.3, 0.4) is 0 Å². The molecule has 2 atom stereocenters. The third-order valence-corrected chi connectivity index (χ3v) is 12.5. The van der Waals surface area contributed by atoms with Crippen LogP contribution in [-0.2, 0) is 8.92 Å². The lowest BCUT2D eigenvalue weighted by atomic mass is 10.1. The molecule has 3 heterocycles. The van der Waals surface area contributed by atoms with E-state index in [9.17, 15) is 18.0 Å². The largest absolute Gasteiger partial charge is 0.494 e. The van der Waals surface area contributed by atoms with Gasteiger partial charge in [-0.2, -0.15) is 18.3 Å². The van der Waals surface area contributed by atoms with Gasteiger partial charge in [0.1, 0.15) is 5.75 Å². The molecular formula is C32H49F3N6O4S2. The van der Waals surface area contributed by atoms with Crippen molar-refractivity contribution in [3.8, 4) is 17.0 Å². The van der Waals surface area contributed by atoms with Gasteiger partial charge in [-0.25, -0.2) is 14.3 Å². The van der Waals surface area contributed by atoms with Crippen molar-refractivity contribution in [3.63, 3.8) is 0 Å². The quantitative estimate of drug-likeness (QED) is 0.0929. The maximum atomic E-state index is 13.5. The van der Waals surface area contributed by atoms with Crippen LogP contribution in [0.4, 0.5) is 18.0 Å². The van der Waals surface area contributed by atoms with Gasteiger partial charge in [0.05, 0.1) is 55.7 Å². The minimum Gasteiger partial charge on any atom is -0.494 e. The smallest absolute Gasteiger partial charge is 0.389 e. The van der Waals surface area contributed by atoms with Crippen LogP contribution in [-0.4, -0.2) is 99.7 Å². The monoisotopic (exact) mass is 702 g/mol. The predicted molar refractivity (Wildman–Crippen MR) is 184 cm³/mol. The highest BCUT2D eigenvalue weighted by molar-refractivity contribution is 8.29. The van der Waals surface area contributed by atoms with Crippen molar-refractivity contribution in [3.05, 3.63) is 36.3 Å². The highest BCUT2D eigenvalue weighted by Crippen LogP contribution is 2.53. The van der Waals surface area contributed by atoms with Gasteiger partial charge >= 0.3 is 12.2 Å². The molecule has 3 rings (SSSR count). The van der Waals surface area contributed by atoms with Gasteiger partial charge in [0.25, 0.3) is 0 Å². The van der Waals surface area contributed by atoms with Crippen molar-refractivity contribution < 1.29 is 31.6 Å². The summed E-state index contributed by atoms with van der Waals surface area (Å²) in [5, 5.41) is 7.85. The topological polar surface area (TPSA) is 103 Å². The van der Waals surface area contributed by atoms with Crippen LogP contribution < -0.4 is 10.1 Å². The van der Waals surface area contributed by atoms with Crippen LogP contribution in [0, 0.1) is 0 Å². The number of halogens is 3. The fraction of sp³-hybridized carbons (Fsp3) is 0.625. The normalized spacial score (nSPS) is 14.2. The Balaban J connectivity index is 1.73. The van der Waals surface area contributed by atoms with Crippen molar-refractivity contribution in [2.75, 3.05) is 52.2 Å². The standard InChI is InChI=1S/C32H49F3N6O4S2/c1-10-40(29(42)38-23(11-14-32(33,34)35)13-16-44-17-18-45-47(8,9)31(3,4)5)22(2)26-20-25(28(43-6)21-36-26)27-19-24-12-15-37-41(24)30(39-27)46-7/h12,15,19-23H,10-11,13-14,16-18H2,1-9H3,(H,38,42)/t22-,23?/m1/s1. The van der Waals surface area contributed by atoms with Crippen LogP contribution in [0.5, 0.6) is 5.75 Å². The zero-order chi connectivity index (χ0) is 35.0. The van der Waals surface area contributed by atoms with Crippen molar-refractivity contribution in [1.82, 2.24) is 29.8 Å². The van der Waals surface area contributed by atoms with Crippen molar-refractivity contribution >= 4 is 33.6 Å². The van der Waals surface area contributed by atoms with E-state index in [0.29, 0.717) is 47.6 Å². The number of amides is 2. The molecule has 15 heteroatoms. The number of nitrogens with one attached hydrogen (secondary N) is 1. The Morgan fingerprint density at radius 3 is 2.49 bits per heavy atom. The number of pyridine rings is 1. The third-order valence-electron chi connectivity index (χ3n) is 8.21. The molecule has 3 aromatic rings. The van der Waals surface area contributed by atoms with E-state index < -0.39 is 41.0 Å². The van der Waals surface area contributed by atoms with E-state index in [1.54, 1.807) is 28.9 Å². The molecule has 0 saturated carbocycles. The highest BCUT2D eigenvalue weighted by Gasteiger charge is 2.31. The molecule has 0 spiro atoms. The molecule has 0 fully saturated rings. The second-order valence-electron chi connectivity index (χ2n) is 12.4. The Kier molecular flexibility index (Phi) is 13.6. The highest BCUT2D eigenvalue weighted by atomic mass is 32.3. The number of carbonyl (C=O) groups excluding carboxylic acids is 1. The van der Waals surface area contributed by atoms with E-state index in [4.69, 9.17) is 18.6 Å². The summed E-state index contributed by atoms with van der Waals surface area (Å²) in [7, 11) is 0.244. The maximum Gasteiger partial charge on any atom is 0.389 e. The van der Waals surface area contributed by atoms with E-state index in [1.807, 2.05) is 38.3 Å². The van der Waals surface area contributed by atoms with Crippen LogP contribution in [0.2, 0.25) is 0 Å². The number of urea groups is 1. The summed E-state index contributed by atoms with van der Waals surface area (Å²) in [5.74, 6) is 0.512. The molecule has 2 amide bonds. The summed E-state index contributed by atoms with van der Waals surface area (Å²) >= 11 is 1.46. The van der Waals surface area contributed by atoms with Gasteiger partial charge in [0.2, 0.25) is 0 Å². The number of carbonyl (C=O) groups is 1. The molecule has 10 nitrogen and oxygen atoms in total. The van der Waals surface area contributed by atoms with E-state index in [-0.39, 0.29) is 24.2 Å². The second-order valence-corrected chi connectivity index (χ2v) is 17.1. The average Bonchev–Trinajstić information content (AvgIpc) is 3.48. The lowest BCUT2D eigenvalue weighted by molar-refractivity contribution is -0.136. The molecule has 0 radical (unpaired) electrons. The molecule has 1 N–H and O–H groups in total. The molecule has 264 valence electrons. The summed E-state index contributed by atoms with van der Waals surface area (Å²) in [6.07, 6.45) is 4.02. The Morgan fingerprint density at radius 2 is 1.87 bits per heavy atom. The van der Waals surface area contributed by atoms with Crippen LogP contribution >= 0.6 is 22.1 Å². The Bertz CT molecular complexity index is 1460. The zero-order valence-electron chi connectivity index (χ0n) is 28.8. The minimum atomic E-state index is -4.34. The van der Waals surface area contributed by atoms with Gasteiger partial charge < -0.3 is 23.9 Å². The van der Waals surface area contributed by atoms with E-state index in [0.717, 1.165) is 5.52 Å². The molecule has 0 aromatic carbocycles. The first-order valence-corrected chi connectivity index (χ1v) is 19.1. The first-order valence-electron chi connectivity index (χ1n) is 15.5. The number of fused-ring (bicyclic) bond motifs is 1. The first-order chi connectivity index (χ1) is 22.0. The minimum absolute atomic E-state index is 0.00861. The van der Waals surface area contributed by atoms with Gasteiger partial charge in [-0.05, 0) is 63.7 Å². The molecule has 47 heavy (non-hydrogen) atoms. The van der Waals surface area contributed by atoms with Gasteiger partial charge in [-0.15, -0.1) is 10.3 Å². The van der Waals surface area contributed by atoms with Crippen LogP contribution in [0.25, 0.3) is 16.8 Å². The third kappa shape index (κ3) is 10.6. The number of ether oxygens (including phenoxy) is 2. The van der Waals surface area contributed by atoms with Crippen molar-refractivity contribution in [2.24, 2.45) is 0 Å². The molecule has 0 aliphatic heterocycles. The van der Waals surface area contributed by atoms with Crippen LogP contribution in [0.15, 0.2) is 35.7 Å². The fourth-order valence-corrected chi connectivity index (χ4v) is 6.02. The Morgan fingerprint density at radius 1 is 1.15 bits per heavy atom. The summed E-state index contributed by atoms with van der Waals surface area (Å²) < 4.78 is 58.7. The van der Waals surface area contributed by atoms with Crippen molar-refractivity contribution in [1.29, 1.82) is 0 Å². The van der Waals surface area contributed by atoms with E-state index >= 15 is 0 Å². The lowest BCUT2D eigenvalue weighted by Crippen LogP contribution is -2.46. The van der Waals surface area contributed by atoms with E-state index in [1.165, 1.54) is 11.8 Å². The maximum absolute atomic E-state index is 13.5. The van der Waals surface area contributed by atoms with Gasteiger partial charge in [0.15, 0.2) is 5.16 Å². The lowest BCUT2D eigenvalue weighted by Gasteiger charge is -2.43. The molecular weight excluding hydrogens is 654 g/mol. The predicted octanol–water partition coefficient (Wildman–Crippen LogP) is 7.53. The van der Waals surface area contributed by atoms with Crippen molar-refractivity contribution in [2.45, 2.75) is 82.0 Å². The van der Waals surface area contributed by atoms with Gasteiger partial charge in [-0.3, -0.25) is 4.98 Å². The Labute approximate surface area is 282 Å². The fourth-order valence-electron chi connectivity index (χ4n) is 4.67. The average molecular weight is 703 g/mol. The number of thioether (sulfide) groups is 1. The number of rotatable bonds is 16. The number of methoxy groups -OCH3 is 1. The summed E-state index contributed by atoms with van der Waals surface area (Å²) in [5.41, 5.74) is 2.79.